The molecule has 1 rings (SSSR count). The minimum atomic E-state index is 0.903. The van der Waals surface area contributed by atoms with Gasteiger partial charge in [0.15, 0.2) is 0 Å². The third-order valence-electron chi connectivity index (χ3n) is 1.86. The van der Waals surface area contributed by atoms with Gasteiger partial charge in [0.05, 0.1) is 0 Å². The molecule has 0 bridgehead atoms. The topological polar surface area (TPSA) is 3.24 Å². The van der Waals surface area contributed by atoms with E-state index >= 15 is 0 Å². The molecular formula is C7H14NS. The predicted molar refractivity (Wildman–Crippen MR) is 42.7 cm³/mol. The Kier molecular flexibility index (Phi) is 3.44. The molecule has 0 atom stereocenters. The van der Waals surface area contributed by atoms with Crippen molar-refractivity contribution in [2.75, 3.05) is 25.4 Å². The molecule has 1 saturated heterocycles. The van der Waals surface area contributed by atoms with Crippen molar-refractivity contribution in [1.29, 1.82) is 0 Å². The number of hydrogen-bond acceptors (Lipinski definition) is 1. The molecule has 0 aromatic heterocycles. The fourth-order valence-corrected chi connectivity index (χ4v) is 1.57. The SMILES string of the molecule is [S]CCN1CCCCC1. The molecule has 53 valence electrons. The molecule has 0 saturated carbocycles. The number of hydrogen-bond donors (Lipinski definition) is 0. The van der Waals surface area contributed by atoms with Gasteiger partial charge in [-0.2, -0.15) is 0 Å². The third kappa shape index (κ3) is 2.59. The first-order chi connectivity index (χ1) is 4.43. The minimum absolute atomic E-state index is 0.903. The molecule has 0 spiro atoms. The summed E-state index contributed by atoms with van der Waals surface area (Å²) in [6.45, 7) is 3.71. The molecule has 0 aromatic carbocycles. The Labute approximate surface area is 62.8 Å². The third-order valence-corrected chi connectivity index (χ3v) is 2.04. The summed E-state index contributed by atoms with van der Waals surface area (Å²) in [5, 5.41) is 0. The monoisotopic (exact) mass is 144 g/mol. The molecule has 0 N–H and O–H groups in total. The molecule has 0 aliphatic carbocycles. The highest BCUT2D eigenvalue weighted by Gasteiger charge is 2.07. The zero-order valence-electron chi connectivity index (χ0n) is 5.81. The van der Waals surface area contributed by atoms with E-state index in [-0.39, 0.29) is 0 Å². The van der Waals surface area contributed by atoms with Crippen LogP contribution < -0.4 is 0 Å². The summed E-state index contributed by atoms with van der Waals surface area (Å²) >= 11 is 4.89. The number of likely N-dealkylation sites (tertiary alicyclic amines) is 1. The fraction of sp³-hybridized carbons (Fsp3) is 1.00. The molecule has 1 radical (unpaired) electrons. The van der Waals surface area contributed by atoms with E-state index in [1.54, 1.807) is 0 Å². The van der Waals surface area contributed by atoms with Gasteiger partial charge in [-0.15, -0.1) is 0 Å². The summed E-state index contributed by atoms with van der Waals surface area (Å²) in [6, 6.07) is 0. The van der Waals surface area contributed by atoms with E-state index in [0.29, 0.717) is 0 Å². The van der Waals surface area contributed by atoms with E-state index in [4.69, 9.17) is 12.6 Å². The Morgan fingerprint density at radius 3 is 2.33 bits per heavy atom. The lowest BCUT2D eigenvalue weighted by Crippen LogP contribution is -2.31. The molecule has 0 amide bonds. The molecule has 0 unspecified atom stereocenters. The van der Waals surface area contributed by atoms with Crippen LogP contribution in [-0.4, -0.2) is 30.3 Å². The Balaban J connectivity index is 2.08. The van der Waals surface area contributed by atoms with Crippen LogP contribution in [-0.2, 0) is 0 Å². The van der Waals surface area contributed by atoms with Gasteiger partial charge in [0.25, 0.3) is 0 Å². The number of rotatable bonds is 2. The van der Waals surface area contributed by atoms with Crippen molar-refractivity contribution >= 4 is 12.6 Å². The second kappa shape index (κ2) is 4.18. The average molecular weight is 144 g/mol. The van der Waals surface area contributed by atoms with Crippen LogP contribution in [0.25, 0.3) is 0 Å². The maximum atomic E-state index is 4.89. The van der Waals surface area contributed by atoms with Crippen LogP contribution in [0, 0.1) is 0 Å². The van der Waals surface area contributed by atoms with Crippen molar-refractivity contribution in [3.05, 3.63) is 0 Å². The highest BCUT2D eigenvalue weighted by Crippen LogP contribution is 2.07. The van der Waals surface area contributed by atoms with Crippen LogP contribution in [0.1, 0.15) is 19.3 Å². The first kappa shape index (κ1) is 7.42. The van der Waals surface area contributed by atoms with E-state index in [9.17, 15) is 0 Å². The van der Waals surface area contributed by atoms with Gasteiger partial charge in [-0.3, -0.25) is 0 Å². The van der Waals surface area contributed by atoms with E-state index in [0.717, 1.165) is 12.3 Å². The van der Waals surface area contributed by atoms with E-state index < -0.39 is 0 Å². The molecular weight excluding hydrogens is 130 g/mol. The maximum Gasteiger partial charge on any atom is 0.0165 e. The van der Waals surface area contributed by atoms with Crippen molar-refractivity contribution in [3.63, 3.8) is 0 Å². The first-order valence-corrected chi connectivity index (χ1v) is 4.31. The van der Waals surface area contributed by atoms with Gasteiger partial charge < -0.3 is 4.90 Å². The van der Waals surface area contributed by atoms with Crippen LogP contribution in [0.2, 0.25) is 0 Å². The van der Waals surface area contributed by atoms with E-state index in [2.05, 4.69) is 4.90 Å². The van der Waals surface area contributed by atoms with Gasteiger partial charge in [0.2, 0.25) is 0 Å². The Morgan fingerprint density at radius 1 is 1.11 bits per heavy atom. The quantitative estimate of drug-likeness (QED) is 0.570. The van der Waals surface area contributed by atoms with Crippen LogP contribution in [0.3, 0.4) is 0 Å². The Morgan fingerprint density at radius 2 is 1.78 bits per heavy atom. The zero-order valence-corrected chi connectivity index (χ0v) is 6.62. The van der Waals surface area contributed by atoms with E-state index in [1.165, 1.54) is 32.4 Å². The fourth-order valence-electron chi connectivity index (χ4n) is 1.31. The molecule has 0 aromatic rings. The minimum Gasteiger partial charge on any atom is -0.302 e. The van der Waals surface area contributed by atoms with Gasteiger partial charge in [-0.1, -0.05) is 19.0 Å². The van der Waals surface area contributed by atoms with Gasteiger partial charge in [0.1, 0.15) is 0 Å². The van der Waals surface area contributed by atoms with Crippen molar-refractivity contribution in [3.8, 4) is 0 Å². The standard InChI is InChI=1S/C7H14NS/c9-7-6-8-4-2-1-3-5-8/h1-7H2. The van der Waals surface area contributed by atoms with Crippen LogP contribution in [0.4, 0.5) is 0 Å². The summed E-state index contributed by atoms with van der Waals surface area (Å²) in [4.78, 5) is 2.47. The number of piperidine rings is 1. The largest absolute Gasteiger partial charge is 0.302 e. The van der Waals surface area contributed by atoms with Crippen molar-refractivity contribution in [2.45, 2.75) is 19.3 Å². The molecule has 1 aliphatic heterocycles. The summed E-state index contributed by atoms with van der Waals surface area (Å²) in [5.41, 5.74) is 0. The summed E-state index contributed by atoms with van der Waals surface area (Å²) < 4.78 is 0. The van der Waals surface area contributed by atoms with Gasteiger partial charge >= 0.3 is 0 Å². The smallest absolute Gasteiger partial charge is 0.0165 e. The predicted octanol–water partition coefficient (Wildman–Crippen LogP) is 1.67. The second-order valence-electron chi connectivity index (χ2n) is 2.61. The lowest BCUT2D eigenvalue weighted by molar-refractivity contribution is 0.242. The summed E-state index contributed by atoms with van der Waals surface area (Å²) in [5.74, 6) is 0.903. The van der Waals surface area contributed by atoms with Crippen molar-refractivity contribution in [1.82, 2.24) is 4.90 Å². The second-order valence-corrected chi connectivity index (χ2v) is 3.01. The average Bonchev–Trinajstić information content (AvgIpc) is 1.91. The maximum absolute atomic E-state index is 4.89. The summed E-state index contributed by atoms with van der Waals surface area (Å²) in [6.07, 6.45) is 4.19. The highest BCUT2D eigenvalue weighted by atomic mass is 32.1. The molecule has 1 heterocycles. The lowest BCUT2D eigenvalue weighted by Gasteiger charge is -2.25. The van der Waals surface area contributed by atoms with Gasteiger partial charge in [-0.25, -0.2) is 0 Å². The molecule has 2 heteroatoms. The highest BCUT2D eigenvalue weighted by molar-refractivity contribution is 7.80. The van der Waals surface area contributed by atoms with Crippen molar-refractivity contribution in [2.24, 2.45) is 0 Å². The Bertz CT molecular complexity index is 66.6. The molecule has 1 aliphatic rings. The zero-order chi connectivity index (χ0) is 6.53. The lowest BCUT2D eigenvalue weighted by atomic mass is 10.1. The van der Waals surface area contributed by atoms with Gasteiger partial charge in [-0.05, 0) is 25.9 Å². The van der Waals surface area contributed by atoms with Crippen LogP contribution in [0.15, 0.2) is 0 Å². The van der Waals surface area contributed by atoms with Gasteiger partial charge in [0, 0.05) is 12.3 Å². The molecule has 1 nitrogen and oxygen atoms in total. The summed E-state index contributed by atoms with van der Waals surface area (Å²) in [7, 11) is 0. The number of nitrogens with zero attached hydrogens (tertiary/aromatic N) is 1. The van der Waals surface area contributed by atoms with Crippen LogP contribution >= 0.6 is 12.6 Å². The van der Waals surface area contributed by atoms with E-state index in [1.807, 2.05) is 0 Å². The molecule has 9 heavy (non-hydrogen) atoms. The molecule has 1 fully saturated rings. The van der Waals surface area contributed by atoms with Crippen molar-refractivity contribution < 1.29 is 0 Å². The Hall–Kier alpha value is 0.310. The normalized spacial score (nSPS) is 22.3. The first-order valence-electron chi connectivity index (χ1n) is 3.74. The van der Waals surface area contributed by atoms with Crippen LogP contribution in [0.5, 0.6) is 0 Å².